The molecule has 3 rings (SSSR count). The largest absolute Gasteiger partial charge is 0.462 e. The van der Waals surface area contributed by atoms with E-state index in [1.54, 1.807) is 38.4 Å². The molecule has 2 aromatic heterocycles. The lowest BCUT2D eigenvalue weighted by Crippen LogP contribution is -2.23. The first-order valence-corrected chi connectivity index (χ1v) is 10.4. The zero-order valence-electron chi connectivity index (χ0n) is 15.4. The molecular weight excluding hydrogens is 394 g/mol. The molecule has 0 fully saturated rings. The number of amides is 1. The maximum atomic E-state index is 12.7. The van der Waals surface area contributed by atoms with Gasteiger partial charge in [-0.25, -0.2) is 14.8 Å². The van der Waals surface area contributed by atoms with E-state index in [0.29, 0.717) is 15.7 Å². The van der Waals surface area contributed by atoms with Gasteiger partial charge < -0.3 is 10.1 Å². The minimum atomic E-state index is -0.456. The van der Waals surface area contributed by atoms with Crippen molar-refractivity contribution in [1.82, 2.24) is 9.97 Å². The molecule has 144 valence electrons. The zero-order valence-corrected chi connectivity index (χ0v) is 17.0. The second-order valence-corrected chi connectivity index (χ2v) is 8.08. The quantitative estimate of drug-likeness (QED) is 0.349. The average molecular weight is 414 g/mol. The molecule has 2 heterocycles. The number of rotatable bonds is 7. The van der Waals surface area contributed by atoms with Gasteiger partial charge in [-0.1, -0.05) is 42.1 Å². The topological polar surface area (TPSA) is 81.2 Å². The number of aromatic nitrogens is 2. The summed E-state index contributed by atoms with van der Waals surface area (Å²) in [6.45, 7) is 3.78. The first kappa shape index (κ1) is 20.0. The lowest BCUT2D eigenvalue weighted by Gasteiger charge is -2.11. The van der Waals surface area contributed by atoms with Crippen LogP contribution in [0.15, 0.2) is 60.0 Å². The van der Waals surface area contributed by atoms with Crippen LogP contribution in [0.1, 0.15) is 24.2 Å². The number of anilines is 1. The second kappa shape index (κ2) is 9.48. The minimum absolute atomic E-state index is 0.232. The highest BCUT2D eigenvalue weighted by atomic mass is 32.2. The summed E-state index contributed by atoms with van der Waals surface area (Å²) >= 11 is 2.60. The number of carbonyl (C=O) groups excluding carboxylic acids is 2. The molecule has 1 N–H and O–H groups in total. The molecule has 0 saturated carbocycles. The Morgan fingerprint density at radius 1 is 1.18 bits per heavy atom. The molecule has 0 radical (unpaired) electrons. The van der Waals surface area contributed by atoms with Crippen LogP contribution in [0, 0.1) is 0 Å². The first-order valence-electron chi connectivity index (χ1n) is 8.69. The summed E-state index contributed by atoms with van der Waals surface area (Å²) in [5.74, 6) is -0.688. The molecule has 0 aliphatic heterocycles. The Balaban J connectivity index is 1.82. The van der Waals surface area contributed by atoms with Gasteiger partial charge in [-0.2, -0.15) is 0 Å². The van der Waals surface area contributed by atoms with E-state index in [4.69, 9.17) is 4.74 Å². The molecule has 1 aromatic carbocycles. The van der Waals surface area contributed by atoms with Gasteiger partial charge in [-0.15, -0.1) is 11.3 Å². The Bertz CT molecular complexity index is 946. The number of benzene rings is 1. The minimum Gasteiger partial charge on any atom is -0.462 e. The van der Waals surface area contributed by atoms with E-state index in [2.05, 4.69) is 15.3 Å². The van der Waals surface area contributed by atoms with Gasteiger partial charge in [-0.3, -0.25) is 4.79 Å². The van der Waals surface area contributed by atoms with Crippen molar-refractivity contribution in [3.8, 4) is 10.4 Å². The summed E-state index contributed by atoms with van der Waals surface area (Å²) in [7, 11) is 0. The highest BCUT2D eigenvalue weighted by Crippen LogP contribution is 2.36. The lowest BCUT2D eigenvalue weighted by atomic mass is 10.1. The van der Waals surface area contributed by atoms with Gasteiger partial charge in [-0.05, 0) is 31.5 Å². The lowest BCUT2D eigenvalue weighted by molar-refractivity contribution is -0.115. The van der Waals surface area contributed by atoms with Crippen molar-refractivity contribution in [2.45, 2.75) is 24.3 Å². The molecule has 0 aliphatic rings. The van der Waals surface area contributed by atoms with E-state index in [0.717, 1.165) is 10.4 Å². The Labute approximate surface area is 171 Å². The van der Waals surface area contributed by atoms with Crippen LogP contribution in [0.5, 0.6) is 0 Å². The summed E-state index contributed by atoms with van der Waals surface area (Å²) in [6, 6.07) is 13.2. The SMILES string of the molecule is CCOC(=O)c1cc(-c2ccccc2)sc1NC(=O)[C@H](C)Sc1ncccn1. The Hall–Kier alpha value is -2.71. The third-order valence-electron chi connectivity index (χ3n) is 3.72. The van der Waals surface area contributed by atoms with Gasteiger partial charge in [0.1, 0.15) is 5.00 Å². The molecule has 1 atom stereocenters. The highest BCUT2D eigenvalue weighted by Gasteiger charge is 2.22. The van der Waals surface area contributed by atoms with Crippen LogP contribution in [0.4, 0.5) is 5.00 Å². The van der Waals surface area contributed by atoms with Crippen molar-refractivity contribution < 1.29 is 14.3 Å². The van der Waals surface area contributed by atoms with E-state index >= 15 is 0 Å². The Morgan fingerprint density at radius 3 is 2.57 bits per heavy atom. The van der Waals surface area contributed by atoms with Gasteiger partial charge in [0.15, 0.2) is 5.16 Å². The number of esters is 1. The number of thioether (sulfide) groups is 1. The van der Waals surface area contributed by atoms with Crippen LogP contribution in [0.25, 0.3) is 10.4 Å². The van der Waals surface area contributed by atoms with Gasteiger partial charge in [0.05, 0.1) is 17.4 Å². The molecule has 1 amide bonds. The third kappa shape index (κ3) is 4.96. The Morgan fingerprint density at radius 2 is 1.89 bits per heavy atom. The molecule has 0 saturated heterocycles. The molecule has 28 heavy (non-hydrogen) atoms. The van der Waals surface area contributed by atoms with Crippen molar-refractivity contribution >= 4 is 40.0 Å². The molecule has 0 spiro atoms. The number of nitrogens with zero attached hydrogens (tertiary/aromatic N) is 2. The normalized spacial score (nSPS) is 11.6. The summed E-state index contributed by atoms with van der Waals surface area (Å²) in [5, 5.41) is 3.43. The molecule has 8 heteroatoms. The number of hydrogen-bond donors (Lipinski definition) is 1. The van der Waals surface area contributed by atoms with Crippen molar-refractivity contribution in [2.75, 3.05) is 11.9 Å². The Kier molecular flexibility index (Phi) is 6.78. The number of ether oxygens (including phenoxy) is 1. The first-order chi connectivity index (χ1) is 13.6. The number of thiophene rings is 1. The fraction of sp³-hybridized carbons (Fsp3) is 0.200. The fourth-order valence-corrected chi connectivity index (χ4v) is 4.14. The van der Waals surface area contributed by atoms with Crippen LogP contribution < -0.4 is 5.32 Å². The highest BCUT2D eigenvalue weighted by molar-refractivity contribution is 8.00. The number of nitrogens with one attached hydrogen (secondary N) is 1. The summed E-state index contributed by atoms with van der Waals surface area (Å²) in [6.07, 6.45) is 3.26. The van der Waals surface area contributed by atoms with Gasteiger partial charge in [0, 0.05) is 17.3 Å². The smallest absolute Gasteiger partial charge is 0.341 e. The summed E-state index contributed by atoms with van der Waals surface area (Å²) < 4.78 is 5.15. The van der Waals surface area contributed by atoms with E-state index in [1.807, 2.05) is 30.3 Å². The van der Waals surface area contributed by atoms with E-state index in [9.17, 15) is 9.59 Å². The monoisotopic (exact) mass is 413 g/mol. The second-order valence-electron chi connectivity index (χ2n) is 5.72. The molecule has 0 bridgehead atoms. The van der Waals surface area contributed by atoms with E-state index in [-0.39, 0.29) is 12.5 Å². The van der Waals surface area contributed by atoms with E-state index < -0.39 is 11.2 Å². The predicted octanol–water partition coefficient (Wildman–Crippen LogP) is 4.50. The zero-order chi connectivity index (χ0) is 19.9. The van der Waals surface area contributed by atoms with E-state index in [1.165, 1.54) is 23.1 Å². The molecule has 3 aromatic rings. The summed E-state index contributed by atoms with van der Waals surface area (Å²) in [4.78, 5) is 34.1. The maximum absolute atomic E-state index is 12.7. The number of carbonyl (C=O) groups is 2. The van der Waals surface area contributed by atoms with Crippen molar-refractivity contribution in [2.24, 2.45) is 0 Å². The maximum Gasteiger partial charge on any atom is 0.341 e. The van der Waals surface area contributed by atoms with Gasteiger partial charge >= 0.3 is 5.97 Å². The van der Waals surface area contributed by atoms with Crippen molar-refractivity contribution in [3.05, 3.63) is 60.4 Å². The van der Waals surface area contributed by atoms with Crippen LogP contribution in [0.2, 0.25) is 0 Å². The summed E-state index contributed by atoms with van der Waals surface area (Å²) in [5.41, 5.74) is 1.32. The van der Waals surface area contributed by atoms with Crippen LogP contribution in [0.3, 0.4) is 0 Å². The predicted molar refractivity (Wildman–Crippen MR) is 112 cm³/mol. The fourth-order valence-electron chi connectivity index (χ4n) is 2.36. The van der Waals surface area contributed by atoms with Gasteiger partial charge in [0.2, 0.25) is 5.91 Å². The van der Waals surface area contributed by atoms with Crippen LogP contribution >= 0.6 is 23.1 Å². The van der Waals surface area contributed by atoms with Crippen LogP contribution in [-0.2, 0) is 9.53 Å². The average Bonchev–Trinajstić information content (AvgIpc) is 3.13. The molecular formula is C20H19N3O3S2. The standard InChI is InChI=1S/C20H19N3O3S2/c1-3-26-19(25)15-12-16(14-8-5-4-6-9-14)28-18(15)23-17(24)13(2)27-20-21-10-7-11-22-20/h4-13H,3H2,1-2H3,(H,23,24)/t13-/m0/s1. The molecule has 0 unspecified atom stereocenters. The van der Waals surface area contributed by atoms with Gasteiger partial charge in [0.25, 0.3) is 0 Å². The van der Waals surface area contributed by atoms with Crippen molar-refractivity contribution in [3.63, 3.8) is 0 Å². The third-order valence-corrected chi connectivity index (χ3v) is 5.80. The number of hydrogen-bond acceptors (Lipinski definition) is 7. The van der Waals surface area contributed by atoms with Crippen molar-refractivity contribution in [1.29, 1.82) is 0 Å². The van der Waals surface area contributed by atoms with Crippen LogP contribution in [-0.4, -0.2) is 33.7 Å². The molecule has 0 aliphatic carbocycles. The molecule has 6 nitrogen and oxygen atoms in total.